The monoisotopic (exact) mass is 233 g/mol. The molecular formula is C14H16FNO. The van der Waals surface area contributed by atoms with Crippen LogP contribution in [-0.2, 0) is 6.54 Å². The number of halogens is 1. The minimum atomic E-state index is -0.210. The maximum Gasteiger partial charge on any atom is 0.123 e. The fraction of sp³-hybridized carbons (Fsp3) is 0.286. The zero-order chi connectivity index (χ0) is 12.3. The molecule has 0 unspecified atom stereocenters. The van der Waals surface area contributed by atoms with Crippen molar-refractivity contribution < 1.29 is 8.81 Å². The Kier molecular flexibility index (Phi) is 3.59. The third kappa shape index (κ3) is 2.94. The van der Waals surface area contributed by atoms with E-state index in [0.29, 0.717) is 12.6 Å². The van der Waals surface area contributed by atoms with Crippen LogP contribution >= 0.6 is 0 Å². The van der Waals surface area contributed by atoms with Crippen LogP contribution in [0.4, 0.5) is 4.39 Å². The first-order valence-electron chi connectivity index (χ1n) is 5.71. The number of nitrogens with one attached hydrogen (secondary N) is 1. The second-order valence-corrected chi connectivity index (χ2v) is 4.35. The first-order chi connectivity index (χ1) is 8.16. The molecule has 1 aromatic carbocycles. The molecule has 0 aliphatic carbocycles. The quantitative estimate of drug-likeness (QED) is 0.873. The van der Waals surface area contributed by atoms with E-state index < -0.39 is 0 Å². The summed E-state index contributed by atoms with van der Waals surface area (Å²) in [4.78, 5) is 0. The largest absolute Gasteiger partial charge is 0.472 e. The normalized spacial score (nSPS) is 11.1. The van der Waals surface area contributed by atoms with E-state index in [9.17, 15) is 4.39 Å². The Morgan fingerprint density at radius 3 is 2.76 bits per heavy atom. The van der Waals surface area contributed by atoms with Crippen LogP contribution in [0.15, 0.2) is 41.2 Å². The van der Waals surface area contributed by atoms with Crippen LogP contribution < -0.4 is 5.32 Å². The Morgan fingerprint density at radius 2 is 2.12 bits per heavy atom. The van der Waals surface area contributed by atoms with Gasteiger partial charge in [-0.05, 0) is 29.3 Å². The molecule has 17 heavy (non-hydrogen) atoms. The van der Waals surface area contributed by atoms with E-state index >= 15 is 0 Å². The molecule has 90 valence electrons. The van der Waals surface area contributed by atoms with E-state index in [2.05, 4.69) is 19.2 Å². The van der Waals surface area contributed by atoms with Gasteiger partial charge in [-0.1, -0.05) is 19.9 Å². The lowest BCUT2D eigenvalue weighted by Gasteiger charge is -2.11. The lowest BCUT2D eigenvalue weighted by atomic mass is 10.0. The van der Waals surface area contributed by atoms with Crippen LogP contribution in [0.5, 0.6) is 0 Å². The Labute approximate surface area is 100 Å². The first kappa shape index (κ1) is 11.9. The van der Waals surface area contributed by atoms with Gasteiger partial charge in [-0.3, -0.25) is 0 Å². The van der Waals surface area contributed by atoms with Gasteiger partial charge in [-0.2, -0.15) is 0 Å². The van der Waals surface area contributed by atoms with E-state index in [-0.39, 0.29) is 5.82 Å². The van der Waals surface area contributed by atoms with Gasteiger partial charge in [0, 0.05) is 18.2 Å². The summed E-state index contributed by atoms with van der Waals surface area (Å²) in [6, 6.07) is 7.08. The fourth-order valence-electron chi connectivity index (χ4n) is 1.72. The summed E-state index contributed by atoms with van der Waals surface area (Å²) in [7, 11) is 0. The zero-order valence-electron chi connectivity index (χ0n) is 10.0. The standard InChI is InChI=1S/C14H16FNO/c1-10(2)16-8-12-7-13(15)3-4-14(12)11-5-6-17-9-11/h3-7,9-10,16H,8H2,1-2H3. The molecule has 0 radical (unpaired) electrons. The maximum absolute atomic E-state index is 13.3. The van der Waals surface area contributed by atoms with Crippen molar-refractivity contribution >= 4 is 0 Å². The number of hydrogen-bond acceptors (Lipinski definition) is 2. The molecule has 0 spiro atoms. The van der Waals surface area contributed by atoms with Crippen LogP contribution in [-0.4, -0.2) is 6.04 Å². The molecule has 0 atom stereocenters. The van der Waals surface area contributed by atoms with E-state index in [0.717, 1.165) is 16.7 Å². The van der Waals surface area contributed by atoms with Crippen molar-refractivity contribution in [3.63, 3.8) is 0 Å². The lowest BCUT2D eigenvalue weighted by molar-refractivity contribution is 0.567. The molecule has 1 aromatic heterocycles. The predicted molar refractivity (Wildman–Crippen MR) is 66.1 cm³/mol. The van der Waals surface area contributed by atoms with Crippen molar-refractivity contribution in [2.75, 3.05) is 0 Å². The van der Waals surface area contributed by atoms with Crippen molar-refractivity contribution in [3.05, 3.63) is 48.2 Å². The number of benzene rings is 1. The number of furan rings is 1. The summed E-state index contributed by atoms with van der Waals surface area (Å²) in [5, 5.41) is 3.29. The van der Waals surface area contributed by atoms with E-state index in [4.69, 9.17) is 4.42 Å². The average Bonchev–Trinajstić information content (AvgIpc) is 2.80. The second kappa shape index (κ2) is 5.15. The lowest BCUT2D eigenvalue weighted by Crippen LogP contribution is -2.22. The van der Waals surface area contributed by atoms with Gasteiger partial charge in [-0.15, -0.1) is 0 Å². The molecule has 0 aliphatic heterocycles. The smallest absolute Gasteiger partial charge is 0.123 e. The molecule has 2 aromatic rings. The highest BCUT2D eigenvalue weighted by Gasteiger charge is 2.08. The summed E-state index contributed by atoms with van der Waals surface area (Å²) in [5.41, 5.74) is 2.93. The fourth-order valence-corrected chi connectivity index (χ4v) is 1.72. The Bertz CT molecular complexity index is 477. The summed E-state index contributed by atoms with van der Waals surface area (Å²) >= 11 is 0. The molecule has 0 aliphatic rings. The van der Waals surface area contributed by atoms with Crippen molar-refractivity contribution in [2.24, 2.45) is 0 Å². The highest BCUT2D eigenvalue weighted by Crippen LogP contribution is 2.25. The van der Waals surface area contributed by atoms with Crippen molar-refractivity contribution in [1.29, 1.82) is 0 Å². The Balaban J connectivity index is 2.31. The number of rotatable bonds is 4. The molecule has 1 N–H and O–H groups in total. The van der Waals surface area contributed by atoms with Gasteiger partial charge in [0.25, 0.3) is 0 Å². The van der Waals surface area contributed by atoms with Gasteiger partial charge in [0.2, 0.25) is 0 Å². The predicted octanol–water partition coefficient (Wildman–Crippen LogP) is 3.58. The topological polar surface area (TPSA) is 25.2 Å². The molecule has 0 saturated carbocycles. The van der Waals surface area contributed by atoms with Gasteiger partial charge in [0.05, 0.1) is 12.5 Å². The molecular weight excluding hydrogens is 217 g/mol. The molecule has 3 heteroatoms. The van der Waals surface area contributed by atoms with Gasteiger partial charge in [-0.25, -0.2) is 4.39 Å². The first-order valence-corrected chi connectivity index (χ1v) is 5.71. The van der Waals surface area contributed by atoms with E-state index in [1.54, 1.807) is 24.7 Å². The van der Waals surface area contributed by atoms with Crippen molar-refractivity contribution in [3.8, 4) is 11.1 Å². The molecule has 0 bridgehead atoms. The van der Waals surface area contributed by atoms with Gasteiger partial charge in [0.1, 0.15) is 5.82 Å². The molecule has 0 saturated heterocycles. The van der Waals surface area contributed by atoms with Gasteiger partial charge >= 0.3 is 0 Å². The molecule has 2 nitrogen and oxygen atoms in total. The highest BCUT2D eigenvalue weighted by atomic mass is 19.1. The minimum absolute atomic E-state index is 0.210. The molecule has 0 amide bonds. The van der Waals surface area contributed by atoms with Gasteiger partial charge in [0.15, 0.2) is 0 Å². The summed E-state index contributed by atoms with van der Waals surface area (Å²) in [6.45, 7) is 4.78. The third-order valence-electron chi connectivity index (χ3n) is 2.60. The van der Waals surface area contributed by atoms with Crippen LogP contribution in [0.1, 0.15) is 19.4 Å². The minimum Gasteiger partial charge on any atom is -0.472 e. The van der Waals surface area contributed by atoms with E-state index in [1.807, 2.05) is 6.07 Å². The number of hydrogen-bond donors (Lipinski definition) is 1. The van der Waals surface area contributed by atoms with E-state index in [1.165, 1.54) is 6.07 Å². The van der Waals surface area contributed by atoms with Crippen LogP contribution in [0.2, 0.25) is 0 Å². The van der Waals surface area contributed by atoms with Crippen LogP contribution in [0, 0.1) is 5.82 Å². The SMILES string of the molecule is CC(C)NCc1cc(F)ccc1-c1ccoc1. The zero-order valence-corrected chi connectivity index (χ0v) is 10.0. The molecule has 0 fully saturated rings. The Morgan fingerprint density at radius 1 is 1.29 bits per heavy atom. The van der Waals surface area contributed by atoms with Crippen LogP contribution in [0.3, 0.4) is 0 Å². The molecule has 2 rings (SSSR count). The Hall–Kier alpha value is -1.61. The summed E-state index contributed by atoms with van der Waals surface area (Å²) in [5.74, 6) is -0.210. The van der Waals surface area contributed by atoms with Crippen molar-refractivity contribution in [2.45, 2.75) is 26.4 Å². The summed E-state index contributed by atoms with van der Waals surface area (Å²) < 4.78 is 18.3. The average molecular weight is 233 g/mol. The van der Waals surface area contributed by atoms with Crippen molar-refractivity contribution in [1.82, 2.24) is 5.32 Å². The van der Waals surface area contributed by atoms with Crippen LogP contribution in [0.25, 0.3) is 11.1 Å². The maximum atomic E-state index is 13.3. The summed E-state index contributed by atoms with van der Waals surface area (Å²) in [6.07, 6.45) is 3.30. The van der Waals surface area contributed by atoms with Gasteiger partial charge < -0.3 is 9.73 Å². The molecule has 1 heterocycles. The second-order valence-electron chi connectivity index (χ2n) is 4.35. The highest BCUT2D eigenvalue weighted by molar-refractivity contribution is 5.66. The third-order valence-corrected chi connectivity index (χ3v) is 2.60.